The molecule has 0 bridgehead atoms. The molecule has 0 aliphatic carbocycles. The van der Waals surface area contributed by atoms with Gasteiger partial charge in [-0.25, -0.2) is 0 Å². The SMILES string of the molecule is Cc1cc(N(C)C)ccc1NC(=O)c1ccc(COc2ccc(Br)cc2)o1. The van der Waals surface area contributed by atoms with Crippen LogP contribution in [-0.2, 0) is 6.61 Å². The Hall–Kier alpha value is -2.73. The first-order chi connectivity index (χ1) is 12.9. The van der Waals surface area contributed by atoms with Crippen LogP contribution in [0.5, 0.6) is 5.75 Å². The summed E-state index contributed by atoms with van der Waals surface area (Å²) in [6.45, 7) is 2.22. The molecule has 5 nitrogen and oxygen atoms in total. The molecule has 1 amide bonds. The second-order valence-corrected chi connectivity index (χ2v) is 7.27. The van der Waals surface area contributed by atoms with E-state index in [4.69, 9.17) is 9.15 Å². The first-order valence-electron chi connectivity index (χ1n) is 8.49. The lowest BCUT2D eigenvalue weighted by molar-refractivity contribution is 0.0992. The van der Waals surface area contributed by atoms with Gasteiger partial charge in [-0.1, -0.05) is 15.9 Å². The summed E-state index contributed by atoms with van der Waals surface area (Å²) in [5.74, 6) is 1.28. The summed E-state index contributed by atoms with van der Waals surface area (Å²) in [6, 6.07) is 16.8. The highest BCUT2D eigenvalue weighted by Gasteiger charge is 2.13. The molecule has 0 saturated carbocycles. The van der Waals surface area contributed by atoms with Crippen LogP contribution in [0.2, 0.25) is 0 Å². The van der Waals surface area contributed by atoms with E-state index in [1.165, 1.54) is 0 Å². The fourth-order valence-electron chi connectivity index (χ4n) is 2.51. The predicted octanol–water partition coefficient (Wildman–Crippen LogP) is 5.25. The monoisotopic (exact) mass is 428 g/mol. The van der Waals surface area contributed by atoms with Gasteiger partial charge in [0.2, 0.25) is 0 Å². The van der Waals surface area contributed by atoms with Gasteiger partial charge in [-0.2, -0.15) is 0 Å². The minimum atomic E-state index is -0.286. The van der Waals surface area contributed by atoms with E-state index in [1.807, 2.05) is 68.4 Å². The van der Waals surface area contributed by atoms with Crippen LogP contribution in [0.3, 0.4) is 0 Å². The number of benzene rings is 2. The third-order valence-corrected chi connectivity index (χ3v) is 4.58. The number of ether oxygens (including phenoxy) is 1. The number of nitrogens with zero attached hydrogens (tertiary/aromatic N) is 1. The lowest BCUT2D eigenvalue weighted by Crippen LogP contribution is -2.13. The summed E-state index contributed by atoms with van der Waals surface area (Å²) < 4.78 is 12.3. The van der Waals surface area contributed by atoms with Crippen LogP contribution in [0.25, 0.3) is 0 Å². The zero-order chi connectivity index (χ0) is 19.4. The molecule has 1 aromatic heterocycles. The number of nitrogens with one attached hydrogen (secondary N) is 1. The molecule has 0 aliphatic heterocycles. The summed E-state index contributed by atoms with van der Waals surface area (Å²) >= 11 is 3.38. The molecule has 0 atom stereocenters. The molecule has 6 heteroatoms. The number of aryl methyl sites for hydroxylation is 1. The molecule has 0 spiro atoms. The molecule has 0 fully saturated rings. The fraction of sp³-hybridized carbons (Fsp3) is 0.190. The molecular weight excluding hydrogens is 408 g/mol. The summed E-state index contributed by atoms with van der Waals surface area (Å²) in [6.07, 6.45) is 0. The van der Waals surface area contributed by atoms with Gasteiger partial charge in [0, 0.05) is 29.9 Å². The van der Waals surface area contributed by atoms with Crippen LogP contribution < -0.4 is 15.0 Å². The predicted molar refractivity (Wildman–Crippen MR) is 111 cm³/mol. The standard InChI is InChI=1S/C21H21BrN2O3/c1-14-12-16(24(2)3)6-10-19(14)23-21(25)20-11-9-18(27-20)13-26-17-7-4-15(22)5-8-17/h4-12H,13H2,1-3H3,(H,23,25). The van der Waals surface area contributed by atoms with Gasteiger partial charge in [-0.3, -0.25) is 4.79 Å². The van der Waals surface area contributed by atoms with Crippen molar-refractivity contribution >= 4 is 33.2 Å². The van der Waals surface area contributed by atoms with Crippen molar-refractivity contribution in [1.82, 2.24) is 0 Å². The number of anilines is 2. The highest BCUT2D eigenvalue weighted by Crippen LogP contribution is 2.23. The number of furan rings is 1. The minimum Gasteiger partial charge on any atom is -0.486 e. The van der Waals surface area contributed by atoms with E-state index >= 15 is 0 Å². The van der Waals surface area contributed by atoms with E-state index in [9.17, 15) is 4.79 Å². The number of carbonyl (C=O) groups excluding carboxylic acids is 1. The van der Waals surface area contributed by atoms with Crippen molar-refractivity contribution < 1.29 is 13.9 Å². The Morgan fingerprint density at radius 2 is 1.85 bits per heavy atom. The van der Waals surface area contributed by atoms with Crippen LogP contribution in [0, 0.1) is 6.92 Å². The second-order valence-electron chi connectivity index (χ2n) is 6.36. The van der Waals surface area contributed by atoms with Crippen LogP contribution in [0.15, 0.2) is 63.5 Å². The minimum absolute atomic E-state index is 0.250. The molecule has 140 valence electrons. The largest absolute Gasteiger partial charge is 0.486 e. The first-order valence-corrected chi connectivity index (χ1v) is 9.28. The molecule has 0 radical (unpaired) electrons. The van der Waals surface area contributed by atoms with E-state index in [2.05, 4.69) is 21.2 Å². The van der Waals surface area contributed by atoms with Crippen LogP contribution in [-0.4, -0.2) is 20.0 Å². The average molecular weight is 429 g/mol. The number of amides is 1. The molecule has 0 unspecified atom stereocenters. The summed E-state index contributed by atoms with van der Waals surface area (Å²) in [5, 5.41) is 2.89. The highest BCUT2D eigenvalue weighted by molar-refractivity contribution is 9.10. The van der Waals surface area contributed by atoms with Crippen molar-refractivity contribution in [2.24, 2.45) is 0 Å². The van der Waals surface area contributed by atoms with Crippen molar-refractivity contribution in [3.05, 3.63) is 76.2 Å². The second kappa shape index (κ2) is 8.31. The Morgan fingerprint density at radius 3 is 2.52 bits per heavy atom. The maximum Gasteiger partial charge on any atom is 0.291 e. The average Bonchev–Trinajstić information content (AvgIpc) is 3.12. The number of hydrogen-bond donors (Lipinski definition) is 1. The molecule has 3 aromatic rings. The molecule has 1 heterocycles. The molecule has 1 N–H and O–H groups in total. The number of rotatable bonds is 6. The van der Waals surface area contributed by atoms with E-state index in [-0.39, 0.29) is 18.3 Å². The van der Waals surface area contributed by atoms with Crippen molar-refractivity contribution in [3.63, 3.8) is 0 Å². The van der Waals surface area contributed by atoms with Gasteiger partial charge in [0.1, 0.15) is 18.1 Å². The fourth-order valence-corrected chi connectivity index (χ4v) is 2.78. The van der Waals surface area contributed by atoms with Gasteiger partial charge in [-0.05, 0) is 67.1 Å². The summed E-state index contributed by atoms with van der Waals surface area (Å²) in [4.78, 5) is 14.5. The third kappa shape index (κ3) is 4.92. The maximum atomic E-state index is 12.4. The smallest absolute Gasteiger partial charge is 0.291 e. The lowest BCUT2D eigenvalue weighted by Gasteiger charge is -2.15. The Kier molecular flexibility index (Phi) is 5.86. The summed E-state index contributed by atoms with van der Waals surface area (Å²) in [7, 11) is 3.96. The number of halogens is 1. The Balaban J connectivity index is 1.62. The van der Waals surface area contributed by atoms with Crippen molar-refractivity contribution in [2.75, 3.05) is 24.3 Å². The van der Waals surface area contributed by atoms with Gasteiger partial charge >= 0.3 is 0 Å². The molecular formula is C21H21BrN2O3. The van der Waals surface area contributed by atoms with E-state index in [0.29, 0.717) is 5.76 Å². The van der Waals surface area contributed by atoms with Crippen molar-refractivity contribution in [2.45, 2.75) is 13.5 Å². The first kappa shape index (κ1) is 19.0. The Bertz CT molecular complexity index is 933. The quantitative estimate of drug-likeness (QED) is 0.582. The number of hydrogen-bond acceptors (Lipinski definition) is 4. The normalized spacial score (nSPS) is 10.5. The van der Waals surface area contributed by atoms with Crippen molar-refractivity contribution in [1.29, 1.82) is 0 Å². The maximum absolute atomic E-state index is 12.4. The number of carbonyl (C=O) groups is 1. The van der Waals surface area contributed by atoms with Gasteiger partial charge in [0.05, 0.1) is 0 Å². The zero-order valence-corrected chi connectivity index (χ0v) is 17.0. The van der Waals surface area contributed by atoms with Crippen LogP contribution in [0.4, 0.5) is 11.4 Å². The highest BCUT2D eigenvalue weighted by atomic mass is 79.9. The van der Waals surface area contributed by atoms with Gasteiger partial charge in [0.25, 0.3) is 5.91 Å². The zero-order valence-electron chi connectivity index (χ0n) is 15.5. The van der Waals surface area contributed by atoms with E-state index < -0.39 is 0 Å². The molecule has 3 rings (SSSR count). The molecule has 0 aliphatic rings. The lowest BCUT2D eigenvalue weighted by atomic mass is 10.1. The third-order valence-electron chi connectivity index (χ3n) is 4.05. The van der Waals surface area contributed by atoms with E-state index in [1.54, 1.807) is 12.1 Å². The molecule has 0 saturated heterocycles. The van der Waals surface area contributed by atoms with Gasteiger partial charge in [-0.15, -0.1) is 0 Å². The van der Waals surface area contributed by atoms with Crippen LogP contribution in [0.1, 0.15) is 21.9 Å². The summed E-state index contributed by atoms with van der Waals surface area (Å²) in [5.41, 5.74) is 2.82. The van der Waals surface area contributed by atoms with E-state index in [0.717, 1.165) is 27.2 Å². The molecule has 2 aromatic carbocycles. The van der Waals surface area contributed by atoms with Gasteiger partial charge in [0.15, 0.2) is 5.76 Å². The van der Waals surface area contributed by atoms with Crippen molar-refractivity contribution in [3.8, 4) is 5.75 Å². The van der Waals surface area contributed by atoms with Crippen LogP contribution >= 0.6 is 15.9 Å². The Labute approximate surface area is 167 Å². The Morgan fingerprint density at radius 1 is 1.11 bits per heavy atom. The topological polar surface area (TPSA) is 54.7 Å². The molecule has 27 heavy (non-hydrogen) atoms. The van der Waals surface area contributed by atoms with Gasteiger partial charge < -0.3 is 19.4 Å².